The third-order valence-corrected chi connectivity index (χ3v) is 2.29. The lowest BCUT2D eigenvalue weighted by Crippen LogP contribution is -2.31. The molecule has 1 aromatic heterocycles. The predicted molar refractivity (Wildman–Crippen MR) is 55.4 cm³/mol. The minimum Gasteiger partial charge on any atom is -0.383 e. The molecule has 1 rings (SSSR count). The van der Waals surface area contributed by atoms with E-state index >= 15 is 0 Å². The molecule has 0 amide bonds. The SMILES string of the molecule is CCCC(F)(CN)c1cccnc1N. The normalized spacial score (nSPS) is 15.1. The van der Waals surface area contributed by atoms with Crippen molar-refractivity contribution >= 4 is 5.82 Å². The molecular weight excluding hydrogens is 181 g/mol. The van der Waals surface area contributed by atoms with Gasteiger partial charge in [-0.2, -0.15) is 0 Å². The fourth-order valence-electron chi connectivity index (χ4n) is 1.54. The van der Waals surface area contributed by atoms with Gasteiger partial charge in [-0.1, -0.05) is 19.4 Å². The van der Waals surface area contributed by atoms with Gasteiger partial charge in [-0.25, -0.2) is 9.37 Å². The van der Waals surface area contributed by atoms with E-state index in [1.807, 2.05) is 6.92 Å². The van der Waals surface area contributed by atoms with Gasteiger partial charge < -0.3 is 11.5 Å². The molecule has 0 fully saturated rings. The highest BCUT2D eigenvalue weighted by atomic mass is 19.1. The van der Waals surface area contributed by atoms with E-state index in [9.17, 15) is 4.39 Å². The molecule has 1 aromatic rings. The Hall–Kier alpha value is -1.16. The van der Waals surface area contributed by atoms with Crippen LogP contribution < -0.4 is 11.5 Å². The Morgan fingerprint density at radius 3 is 2.79 bits per heavy atom. The van der Waals surface area contributed by atoms with Crippen molar-refractivity contribution in [2.45, 2.75) is 25.4 Å². The third kappa shape index (κ3) is 2.01. The van der Waals surface area contributed by atoms with Crippen LogP contribution >= 0.6 is 0 Å². The van der Waals surface area contributed by atoms with Crippen LogP contribution in [0.1, 0.15) is 25.3 Å². The second-order valence-electron chi connectivity index (χ2n) is 3.36. The molecule has 0 aliphatic rings. The largest absolute Gasteiger partial charge is 0.383 e. The van der Waals surface area contributed by atoms with E-state index in [0.717, 1.165) is 6.42 Å². The van der Waals surface area contributed by atoms with E-state index in [1.165, 1.54) is 0 Å². The average Bonchev–Trinajstić information content (AvgIpc) is 2.18. The van der Waals surface area contributed by atoms with E-state index in [4.69, 9.17) is 11.5 Å². The maximum absolute atomic E-state index is 14.3. The highest BCUT2D eigenvalue weighted by molar-refractivity contribution is 5.43. The van der Waals surface area contributed by atoms with Gasteiger partial charge in [-0.05, 0) is 12.5 Å². The Morgan fingerprint density at radius 2 is 2.29 bits per heavy atom. The fraction of sp³-hybridized carbons (Fsp3) is 0.500. The van der Waals surface area contributed by atoms with E-state index in [1.54, 1.807) is 18.3 Å². The standard InChI is InChI=1S/C10H16FN3/c1-2-5-10(11,7-12)8-4-3-6-14-9(8)13/h3-4,6H,2,5,7,12H2,1H3,(H2,13,14). The van der Waals surface area contributed by atoms with Crippen molar-refractivity contribution in [2.24, 2.45) is 5.73 Å². The first-order chi connectivity index (χ1) is 6.64. The van der Waals surface area contributed by atoms with Crippen molar-refractivity contribution < 1.29 is 4.39 Å². The molecule has 3 nitrogen and oxygen atoms in total. The molecular formula is C10H16FN3. The van der Waals surface area contributed by atoms with Gasteiger partial charge in [0.05, 0.1) is 0 Å². The van der Waals surface area contributed by atoms with Crippen LogP contribution in [-0.4, -0.2) is 11.5 Å². The van der Waals surface area contributed by atoms with Gasteiger partial charge in [0, 0.05) is 18.3 Å². The average molecular weight is 197 g/mol. The monoisotopic (exact) mass is 197 g/mol. The Labute approximate surface area is 83.3 Å². The first-order valence-electron chi connectivity index (χ1n) is 4.74. The lowest BCUT2D eigenvalue weighted by atomic mass is 9.91. The molecule has 78 valence electrons. The Balaban J connectivity index is 3.05. The summed E-state index contributed by atoms with van der Waals surface area (Å²) in [5.74, 6) is 0.230. The Bertz CT molecular complexity index is 303. The topological polar surface area (TPSA) is 64.9 Å². The van der Waals surface area contributed by atoms with Gasteiger partial charge >= 0.3 is 0 Å². The molecule has 0 spiro atoms. The number of hydrogen-bond donors (Lipinski definition) is 2. The Kier molecular flexibility index (Phi) is 3.41. The van der Waals surface area contributed by atoms with E-state index < -0.39 is 5.67 Å². The van der Waals surface area contributed by atoms with Crippen molar-refractivity contribution in [2.75, 3.05) is 12.3 Å². The maximum Gasteiger partial charge on any atom is 0.151 e. The number of aromatic nitrogens is 1. The van der Waals surface area contributed by atoms with Crippen LogP contribution in [-0.2, 0) is 5.67 Å². The second kappa shape index (κ2) is 4.37. The molecule has 0 saturated heterocycles. The summed E-state index contributed by atoms with van der Waals surface area (Å²) in [6, 6.07) is 3.32. The van der Waals surface area contributed by atoms with Gasteiger partial charge in [0.1, 0.15) is 5.82 Å². The number of halogens is 1. The summed E-state index contributed by atoms with van der Waals surface area (Å²) in [6.07, 6.45) is 2.64. The van der Waals surface area contributed by atoms with Gasteiger partial charge in [-0.3, -0.25) is 0 Å². The molecule has 4 heteroatoms. The molecule has 0 aromatic carbocycles. The number of pyridine rings is 1. The number of alkyl halides is 1. The number of hydrogen-bond acceptors (Lipinski definition) is 3. The van der Waals surface area contributed by atoms with Gasteiger partial charge in [0.25, 0.3) is 0 Å². The van der Waals surface area contributed by atoms with Crippen molar-refractivity contribution in [1.82, 2.24) is 4.98 Å². The highest BCUT2D eigenvalue weighted by Gasteiger charge is 2.31. The summed E-state index contributed by atoms with van der Waals surface area (Å²) < 4.78 is 14.3. The summed E-state index contributed by atoms with van der Waals surface area (Å²) >= 11 is 0. The van der Waals surface area contributed by atoms with E-state index in [-0.39, 0.29) is 12.4 Å². The summed E-state index contributed by atoms with van der Waals surface area (Å²) in [5.41, 5.74) is 9.91. The molecule has 0 bridgehead atoms. The van der Waals surface area contributed by atoms with Gasteiger partial charge in [0.15, 0.2) is 5.67 Å². The predicted octanol–water partition coefficient (Wildman–Crippen LogP) is 1.59. The third-order valence-electron chi connectivity index (χ3n) is 2.29. The van der Waals surface area contributed by atoms with Crippen molar-refractivity contribution in [3.05, 3.63) is 23.9 Å². The lowest BCUT2D eigenvalue weighted by Gasteiger charge is -2.24. The van der Waals surface area contributed by atoms with Crippen LogP contribution in [0.15, 0.2) is 18.3 Å². The number of nitrogens with zero attached hydrogens (tertiary/aromatic N) is 1. The molecule has 14 heavy (non-hydrogen) atoms. The highest BCUT2D eigenvalue weighted by Crippen LogP contribution is 2.32. The van der Waals surface area contributed by atoms with E-state index in [2.05, 4.69) is 4.98 Å². The lowest BCUT2D eigenvalue weighted by molar-refractivity contribution is 0.160. The van der Waals surface area contributed by atoms with Crippen LogP contribution in [0.25, 0.3) is 0 Å². The van der Waals surface area contributed by atoms with Crippen LogP contribution in [0.2, 0.25) is 0 Å². The minimum atomic E-state index is -1.53. The zero-order valence-electron chi connectivity index (χ0n) is 8.33. The molecule has 1 heterocycles. The van der Waals surface area contributed by atoms with Crippen LogP contribution in [0.4, 0.5) is 10.2 Å². The Morgan fingerprint density at radius 1 is 1.57 bits per heavy atom. The number of rotatable bonds is 4. The number of nitrogens with two attached hydrogens (primary N) is 2. The maximum atomic E-state index is 14.3. The second-order valence-corrected chi connectivity index (χ2v) is 3.36. The van der Waals surface area contributed by atoms with Gasteiger partial charge in [0.2, 0.25) is 0 Å². The van der Waals surface area contributed by atoms with Crippen molar-refractivity contribution in [3.63, 3.8) is 0 Å². The van der Waals surface area contributed by atoms with Crippen molar-refractivity contribution in [1.29, 1.82) is 0 Å². The molecule has 1 unspecified atom stereocenters. The van der Waals surface area contributed by atoms with Gasteiger partial charge in [-0.15, -0.1) is 0 Å². The summed E-state index contributed by atoms with van der Waals surface area (Å²) in [6.45, 7) is 1.85. The number of nitrogen functional groups attached to an aromatic ring is 1. The first kappa shape index (κ1) is 10.9. The first-order valence-corrected chi connectivity index (χ1v) is 4.74. The molecule has 1 atom stereocenters. The fourth-order valence-corrected chi connectivity index (χ4v) is 1.54. The molecule has 4 N–H and O–H groups in total. The smallest absolute Gasteiger partial charge is 0.151 e. The quantitative estimate of drug-likeness (QED) is 0.770. The van der Waals surface area contributed by atoms with E-state index in [0.29, 0.717) is 12.0 Å². The summed E-state index contributed by atoms with van der Waals surface area (Å²) in [7, 11) is 0. The summed E-state index contributed by atoms with van der Waals surface area (Å²) in [4.78, 5) is 3.86. The molecule has 0 radical (unpaired) electrons. The zero-order valence-corrected chi connectivity index (χ0v) is 8.33. The minimum absolute atomic E-state index is 0.0588. The van der Waals surface area contributed by atoms with Crippen LogP contribution in [0, 0.1) is 0 Å². The number of anilines is 1. The molecule has 0 saturated carbocycles. The summed E-state index contributed by atoms with van der Waals surface area (Å²) in [5, 5.41) is 0. The van der Waals surface area contributed by atoms with Crippen molar-refractivity contribution in [3.8, 4) is 0 Å². The zero-order chi connectivity index (χ0) is 10.6. The molecule has 0 aliphatic carbocycles. The molecule has 0 aliphatic heterocycles. The van der Waals surface area contributed by atoms with Crippen LogP contribution in [0.3, 0.4) is 0 Å². The van der Waals surface area contributed by atoms with Crippen LogP contribution in [0.5, 0.6) is 0 Å².